The summed E-state index contributed by atoms with van der Waals surface area (Å²) in [6.07, 6.45) is 0.513. The van der Waals surface area contributed by atoms with Crippen molar-refractivity contribution in [3.8, 4) is 12.1 Å². The van der Waals surface area contributed by atoms with E-state index in [2.05, 4.69) is 10.6 Å². The Morgan fingerprint density at radius 3 is 1.53 bits per heavy atom. The van der Waals surface area contributed by atoms with E-state index < -0.39 is 12.2 Å². The van der Waals surface area contributed by atoms with Crippen LogP contribution in [-0.4, -0.2) is 25.4 Å². The number of nitrogens with one attached hydrogen (secondary N) is 2. The maximum Gasteiger partial charge on any atom is 0.411 e. The fourth-order valence-electron chi connectivity index (χ4n) is 3.54. The number of hydrogen-bond acceptors (Lipinski definition) is 8. The molecule has 0 aromatic heterocycles. The number of anilines is 3. The third-order valence-corrected chi connectivity index (χ3v) is 6.70. The Bertz CT molecular complexity index is 1500. The molecule has 0 aliphatic heterocycles. The number of nitrogens with two attached hydrogens (primary N) is 2. The molecule has 0 aliphatic carbocycles. The molecule has 3 aromatic carbocycles. The van der Waals surface area contributed by atoms with Gasteiger partial charge >= 0.3 is 12.2 Å². The minimum Gasteiger partial charge on any atom is -0.449 e. The first-order valence-corrected chi connectivity index (χ1v) is 15.0. The average Bonchev–Trinajstić information content (AvgIpc) is 3.01. The molecule has 45 heavy (non-hydrogen) atoms. The molecule has 240 valence electrons. The highest BCUT2D eigenvalue weighted by atomic mass is 35.5. The largest absolute Gasteiger partial charge is 0.449 e. The summed E-state index contributed by atoms with van der Waals surface area (Å²) < 4.78 is 9.82. The van der Waals surface area contributed by atoms with Gasteiger partial charge in [0.15, 0.2) is 0 Å². The molecule has 0 bridgehead atoms. The Hall–Kier alpha value is -4.19. The number of nitrogens with zero attached hydrogens (tertiary/aromatic N) is 2. The van der Waals surface area contributed by atoms with Crippen molar-refractivity contribution in [1.82, 2.24) is 0 Å². The fraction of sp³-hybridized carbons (Fsp3) is 0.312. The van der Waals surface area contributed by atoms with Crippen LogP contribution in [0.2, 0.25) is 15.1 Å². The first-order valence-electron chi connectivity index (χ1n) is 13.8. The van der Waals surface area contributed by atoms with E-state index in [1.807, 2.05) is 45.9 Å². The zero-order chi connectivity index (χ0) is 34.1. The van der Waals surface area contributed by atoms with Crippen LogP contribution >= 0.6 is 34.8 Å². The Kier molecular flexibility index (Phi) is 17.2. The van der Waals surface area contributed by atoms with Gasteiger partial charge in [-0.3, -0.25) is 10.6 Å². The second kappa shape index (κ2) is 20.0. The van der Waals surface area contributed by atoms with Crippen molar-refractivity contribution in [2.75, 3.05) is 29.6 Å². The minimum atomic E-state index is -0.540. The molecule has 0 spiro atoms. The maximum absolute atomic E-state index is 11.4. The van der Waals surface area contributed by atoms with E-state index in [-0.39, 0.29) is 0 Å². The summed E-state index contributed by atoms with van der Waals surface area (Å²) >= 11 is 17.8. The topological polar surface area (TPSA) is 176 Å². The number of ether oxygens (including phenoxy) is 2. The van der Waals surface area contributed by atoms with E-state index in [0.717, 1.165) is 35.1 Å². The highest BCUT2D eigenvalue weighted by Gasteiger charge is 2.12. The SMILES string of the molecule is CCCOC(=O)Nc1c(C)cc(C#N)cc1Cl.CCCOC(=O)Nc1c(C)cc(CN)cc1Cl.Cc1cc(C#N)cc(Cl)c1N. The van der Waals surface area contributed by atoms with Crippen LogP contribution in [0.5, 0.6) is 0 Å². The van der Waals surface area contributed by atoms with Gasteiger partial charge in [-0.15, -0.1) is 0 Å². The highest BCUT2D eigenvalue weighted by molar-refractivity contribution is 6.34. The van der Waals surface area contributed by atoms with Gasteiger partial charge < -0.3 is 20.9 Å². The van der Waals surface area contributed by atoms with Crippen molar-refractivity contribution < 1.29 is 19.1 Å². The first kappa shape index (κ1) is 38.8. The Morgan fingerprint density at radius 2 is 1.16 bits per heavy atom. The van der Waals surface area contributed by atoms with E-state index in [1.165, 1.54) is 6.07 Å². The number of rotatable bonds is 7. The normalized spacial score (nSPS) is 9.67. The molecule has 0 unspecified atom stereocenters. The summed E-state index contributed by atoms with van der Waals surface area (Å²) in [6, 6.07) is 14.0. The second-order valence-corrected chi connectivity index (χ2v) is 10.8. The van der Waals surface area contributed by atoms with Crippen LogP contribution in [0.3, 0.4) is 0 Å². The third-order valence-electron chi connectivity index (χ3n) is 5.79. The van der Waals surface area contributed by atoms with Gasteiger partial charge in [-0.1, -0.05) is 54.7 Å². The molecular formula is C32H37Cl3N6O4. The van der Waals surface area contributed by atoms with Gasteiger partial charge in [0.05, 0.1) is 68.6 Å². The molecule has 0 heterocycles. The number of carbonyl (C=O) groups is 2. The zero-order valence-electron chi connectivity index (χ0n) is 25.8. The van der Waals surface area contributed by atoms with Crippen molar-refractivity contribution in [2.24, 2.45) is 5.73 Å². The van der Waals surface area contributed by atoms with Crippen molar-refractivity contribution >= 4 is 64.1 Å². The lowest BCUT2D eigenvalue weighted by molar-refractivity contribution is 0.161. The van der Waals surface area contributed by atoms with E-state index in [1.54, 1.807) is 31.2 Å². The summed E-state index contributed by atoms with van der Waals surface area (Å²) in [5.41, 5.74) is 17.1. The van der Waals surface area contributed by atoms with Gasteiger partial charge in [0.1, 0.15) is 0 Å². The Labute approximate surface area is 279 Å². The summed E-state index contributed by atoms with van der Waals surface area (Å²) in [7, 11) is 0. The van der Waals surface area contributed by atoms with Gasteiger partial charge in [-0.2, -0.15) is 10.5 Å². The molecule has 13 heteroatoms. The van der Waals surface area contributed by atoms with Crippen LogP contribution in [0.1, 0.15) is 60.1 Å². The van der Waals surface area contributed by atoms with E-state index >= 15 is 0 Å². The van der Waals surface area contributed by atoms with Crippen LogP contribution in [0.25, 0.3) is 0 Å². The fourth-order valence-corrected chi connectivity index (χ4v) is 4.46. The number of benzene rings is 3. The number of carbonyl (C=O) groups excluding carboxylic acids is 2. The lowest BCUT2D eigenvalue weighted by atomic mass is 10.1. The number of aryl methyl sites for hydroxylation is 3. The molecule has 0 saturated carbocycles. The van der Waals surface area contributed by atoms with E-state index in [4.69, 9.17) is 66.3 Å². The maximum atomic E-state index is 11.4. The molecule has 0 fully saturated rings. The minimum absolute atomic E-state index is 0.329. The Morgan fingerprint density at radius 1 is 0.733 bits per heavy atom. The Balaban J connectivity index is 0.000000346. The monoisotopic (exact) mass is 674 g/mol. The molecule has 10 nitrogen and oxygen atoms in total. The molecular weight excluding hydrogens is 639 g/mol. The predicted octanol–water partition coefficient (Wildman–Crippen LogP) is 8.65. The van der Waals surface area contributed by atoms with Crippen molar-refractivity contribution in [2.45, 2.75) is 54.0 Å². The van der Waals surface area contributed by atoms with Gasteiger partial charge in [0, 0.05) is 6.54 Å². The third kappa shape index (κ3) is 13.1. The summed E-state index contributed by atoms with van der Waals surface area (Å²) in [4.78, 5) is 22.8. The van der Waals surface area contributed by atoms with Crippen LogP contribution in [0.4, 0.5) is 26.7 Å². The van der Waals surface area contributed by atoms with Crippen molar-refractivity contribution in [3.05, 3.63) is 84.8 Å². The van der Waals surface area contributed by atoms with Crippen LogP contribution < -0.4 is 22.1 Å². The van der Waals surface area contributed by atoms with Crippen LogP contribution in [0.15, 0.2) is 36.4 Å². The standard InChI is InChI=1S/C12H17ClN2O2.C12H13ClN2O2.C8H7ClN2/c2*1-3-4-17-12(16)15-11-8(2)5-9(7-14)6-10(11)13;1-5-2-6(4-10)3-7(9)8(5)11/h5-6H,3-4,7,14H2,1-2H3,(H,15,16);5-6H,3-4H2,1-2H3,(H,15,16);2-3H,11H2,1H3. The highest BCUT2D eigenvalue weighted by Crippen LogP contribution is 2.28. The lowest BCUT2D eigenvalue weighted by Gasteiger charge is -2.12. The number of nitriles is 2. The van der Waals surface area contributed by atoms with Gasteiger partial charge in [-0.25, -0.2) is 9.59 Å². The molecule has 0 aliphatic rings. The molecule has 3 aromatic rings. The van der Waals surface area contributed by atoms with Gasteiger partial charge in [0.25, 0.3) is 0 Å². The number of nitrogen functional groups attached to an aromatic ring is 1. The quantitative estimate of drug-likeness (QED) is 0.180. The number of amides is 2. The van der Waals surface area contributed by atoms with Crippen molar-refractivity contribution in [3.63, 3.8) is 0 Å². The van der Waals surface area contributed by atoms with Crippen molar-refractivity contribution in [1.29, 1.82) is 10.5 Å². The van der Waals surface area contributed by atoms with E-state index in [9.17, 15) is 9.59 Å². The van der Waals surface area contributed by atoms with Crippen LogP contribution in [-0.2, 0) is 16.0 Å². The number of hydrogen-bond donors (Lipinski definition) is 4. The van der Waals surface area contributed by atoms with Gasteiger partial charge in [-0.05, 0) is 86.2 Å². The molecule has 3 rings (SSSR count). The molecule has 0 atom stereocenters. The zero-order valence-corrected chi connectivity index (χ0v) is 28.1. The summed E-state index contributed by atoms with van der Waals surface area (Å²) in [5.74, 6) is 0. The summed E-state index contributed by atoms with van der Waals surface area (Å²) in [6.45, 7) is 10.5. The van der Waals surface area contributed by atoms with Crippen LogP contribution in [0, 0.1) is 43.4 Å². The van der Waals surface area contributed by atoms with E-state index in [0.29, 0.717) is 63.0 Å². The lowest BCUT2D eigenvalue weighted by Crippen LogP contribution is -2.15. The number of halogens is 3. The summed E-state index contributed by atoms with van der Waals surface area (Å²) in [5, 5.41) is 23.7. The second-order valence-electron chi connectivity index (χ2n) is 9.56. The molecule has 6 N–H and O–H groups in total. The predicted molar refractivity (Wildman–Crippen MR) is 181 cm³/mol. The average molecular weight is 676 g/mol. The van der Waals surface area contributed by atoms with Gasteiger partial charge in [0.2, 0.25) is 0 Å². The molecule has 0 radical (unpaired) electrons. The first-order chi connectivity index (χ1) is 21.3. The smallest absolute Gasteiger partial charge is 0.411 e. The molecule has 2 amide bonds. The molecule has 0 saturated heterocycles.